The Morgan fingerprint density at radius 2 is 2.05 bits per heavy atom. The van der Waals surface area contributed by atoms with Gasteiger partial charge < -0.3 is 14.5 Å². The van der Waals surface area contributed by atoms with Gasteiger partial charge >= 0.3 is 6.01 Å². The van der Waals surface area contributed by atoms with Crippen molar-refractivity contribution in [1.82, 2.24) is 15.2 Å². The number of para-hydroxylation sites is 1. The van der Waals surface area contributed by atoms with Crippen molar-refractivity contribution in [3.63, 3.8) is 0 Å². The molecule has 1 aliphatic heterocycles. The van der Waals surface area contributed by atoms with Crippen LogP contribution in [0.25, 0.3) is 22.5 Å². The van der Waals surface area contributed by atoms with Gasteiger partial charge in [0.2, 0.25) is 0 Å². The predicted octanol–water partition coefficient (Wildman–Crippen LogP) is 2.49. The molecule has 1 aliphatic rings. The normalized spacial score (nSPS) is 18.2. The molecule has 6 heteroatoms. The van der Waals surface area contributed by atoms with Crippen molar-refractivity contribution in [2.45, 2.75) is 12.5 Å². The van der Waals surface area contributed by atoms with Crippen molar-refractivity contribution in [1.29, 1.82) is 0 Å². The van der Waals surface area contributed by atoms with Gasteiger partial charge in [-0.25, -0.2) is 4.98 Å². The van der Waals surface area contributed by atoms with Gasteiger partial charge in [0.1, 0.15) is 5.69 Å². The number of hydrogen-bond acceptors (Lipinski definition) is 6. The van der Waals surface area contributed by atoms with Gasteiger partial charge in [-0.15, -0.1) is 5.10 Å². The van der Waals surface area contributed by atoms with E-state index >= 15 is 0 Å². The molecule has 1 aromatic carbocycles. The van der Waals surface area contributed by atoms with Gasteiger partial charge in [0.15, 0.2) is 0 Å². The highest BCUT2D eigenvalue weighted by Crippen LogP contribution is 2.22. The summed E-state index contributed by atoms with van der Waals surface area (Å²) in [6.45, 7) is 1.44. The van der Waals surface area contributed by atoms with Gasteiger partial charge in [0, 0.05) is 12.0 Å². The minimum Gasteiger partial charge on any atom is -0.402 e. The van der Waals surface area contributed by atoms with E-state index in [-0.39, 0.29) is 6.04 Å². The minimum atomic E-state index is 0.239. The van der Waals surface area contributed by atoms with Crippen LogP contribution in [0, 0.1) is 0 Å². The summed E-state index contributed by atoms with van der Waals surface area (Å²) in [7, 11) is 0. The van der Waals surface area contributed by atoms with E-state index in [0.29, 0.717) is 24.2 Å². The zero-order valence-corrected chi connectivity index (χ0v) is 11.3. The Morgan fingerprint density at radius 1 is 1.10 bits per heavy atom. The molecule has 106 valence electrons. The molecule has 0 spiro atoms. The summed E-state index contributed by atoms with van der Waals surface area (Å²) in [5.41, 5.74) is 1.59. The zero-order valence-electron chi connectivity index (χ0n) is 11.3. The van der Waals surface area contributed by atoms with Crippen LogP contribution in [0.3, 0.4) is 0 Å². The minimum absolute atomic E-state index is 0.239. The third kappa shape index (κ3) is 2.45. The van der Waals surface area contributed by atoms with E-state index in [1.54, 1.807) is 0 Å². The van der Waals surface area contributed by atoms with E-state index < -0.39 is 0 Å². The number of aromatic nitrogens is 3. The van der Waals surface area contributed by atoms with E-state index in [9.17, 15) is 0 Å². The van der Waals surface area contributed by atoms with Crippen molar-refractivity contribution in [3.8, 4) is 11.6 Å². The van der Waals surface area contributed by atoms with Gasteiger partial charge in [0.05, 0.1) is 18.2 Å². The lowest BCUT2D eigenvalue weighted by Gasteiger charge is -2.06. The Hall–Kier alpha value is -2.47. The highest BCUT2D eigenvalue weighted by atomic mass is 16.5. The second-order valence-corrected chi connectivity index (χ2v) is 5.01. The zero-order chi connectivity index (χ0) is 14.1. The summed E-state index contributed by atoms with van der Waals surface area (Å²) >= 11 is 0. The van der Waals surface area contributed by atoms with Gasteiger partial charge in [-0.05, 0) is 18.6 Å². The van der Waals surface area contributed by atoms with Gasteiger partial charge in [-0.3, -0.25) is 0 Å². The average Bonchev–Trinajstić information content (AvgIpc) is 3.19. The summed E-state index contributed by atoms with van der Waals surface area (Å²) in [4.78, 5) is 4.54. The summed E-state index contributed by atoms with van der Waals surface area (Å²) in [5, 5.41) is 12.3. The number of nitrogens with one attached hydrogen (secondary N) is 1. The van der Waals surface area contributed by atoms with Crippen LogP contribution in [0.15, 0.2) is 40.8 Å². The maximum absolute atomic E-state index is 5.63. The monoisotopic (exact) mass is 282 g/mol. The van der Waals surface area contributed by atoms with Crippen LogP contribution < -0.4 is 5.32 Å². The number of fused-ring (bicyclic) bond motifs is 1. The maximum Gasteiger partial charge on any atom is 0.316 e. The molecule has 3 heterocycles. The molecule has 3 aromatic rings. The number of hydrogen-bond donors (Lipinski definition) is 1. The first kappa shape index (κ1) is 12.3. The number of nitrogens with zero attached hydrogens (tertiary/aromatic N) is 3. The van der Waals surface area contributed by atoms with Crippen LogP contribution in [-0.4, -0.2) is 34.4 Å². The van der Waals surface area contributed by atoms with E-state index in [1.165, 1.54) is 0 Å². The van der Waals surface area contributed by atoms with Crippen LogP contribution in [-0.2, 0) is 4.74 Å². The molecule has 6 nitrogen and oxygen atoms in total. The van der Waals surface area contributed by atoms with Crippen molar-refractivity contribution in [3.05, 3.63) is 36.4 Å². The molecule has 0 bridgehead atoms. The van der Waals surface area contributed by atoms with E-state index in [2.05, 4.69) is 20.5 Å². The van der Waals surface area contributed by atoms with Gasteiger partial charge in [-0.2, -0.15) is 0 Å². The van der Waals surface area contributed by atoms with Crippen LogP contribution in [0.5, 0.6) is 0 Å². The molecule has 1 N–H and O–H groups in total. The SMILES string of the molecule is c1ccc2nc(-c3nnc(NC4CCOC4)o3)ccc2c1. The Bertz CT molecular complexity index is 765. The molecule has 1 fully saturated rings. The van der Waals surface area contributed by atoms with E-state index in [0.717, 1.165) is 23.9 Å². The Morgan fingerprint density at radius 3 is 2.95 bits per heavy atom. The predicted molar refractivity (Wildman–Crippen MR) is 77.9 cm³/mol. The van der Waals surface area contributed by atoms with Crippen LogP contribution in [0.2, 0.25) is 0 Å². The first-order valence-corrected chi connectivity index (χ1v) is 6.92. The maximum atomic E-state index is 5.63. The number of ether oxygens (including phenoxy) is 1. The second kappa shape index (κ2) is 5.14. The lowest BCUT2D eigenvalue weighted by atomic mass is 10.2. The molecule has 0 aliphatic carbocycles. The van der Waals surface area contributed by atoms with Crippen LogP contribution >= 0.6 is 0 Å². The molecular formula is C15H14N4O2. The van der Waals surface area contributed by atoms with Gasteiger partial charge in [-0.1, -0.05) is 29.4 Å². The highest BCUT2D eigenvalue weighted by Gasteiger charge is 2.18. The smallest absolute Gasteiger partial charge is 0.316 e. The fraction of sp³-hybridized carbons (Fsp3) is 0.267. The first-order valence-electron chi connectivity index (χ1n) is 6.92. The molecule has 1 saturated heterocycles. The number of benzene rings is 1. The number of rotatable bonds is 3. The molecular weight excluding hydrogens is 268 g/mol. The first-order chi connectivity index (χ1) is 10.4. The summed E-state index contributed by atoms with van der Waals surface area (Å²) in [6.07, 6.45) is 0.950. The number of anilines is 1. The standard InChI is InChI=1S/C15H14N4O2/c1-2-4-12-10(3-1)5-6-13(17-12)14-18-19-15(21-14)16-11-7-8-20-9-11/h1-6,11H,7-9H2,(H,16,19). The van der Waals surface area contributed by atoms with Crippen molar-refractivity contribution in [2.24, 2.45) is 0 Å². The van der Waals surface area contributed by atoms with Gasteiger partial charge in [0.25, 0.3) is 5.89 Å². The highest BCUT2D eigenvalue weighted by molar-refractivity contribution is 5.80. The van der Waals surface area contributed by atoms with Crippen LogP contribution in [0.1, 0.15) is 6.42 Å². The number of pyridine rings is 1. The lowest BCUT2D eigenvalue weighted by Crippen LogP contribution is -2.18. The quantitative estimate of drug-likeness (QED) is 0.795. The molecule has 1 atom stereocenters. The van der Waals surface area contributed by atoms with Crippen molar-refractivity contribution in [2.75, 3.05) is 18.5 Å². The third-order valence-electron chi connectivity index (χ3n) is 3.50. The summed E-state index contributed by atoms with van der Waals surface area (Å²) < 4.78 is 10.9. The second-order valence-electron chi connectivity index (χ2n) is 5.01. The molecule has 0 radical (unpaired) electrons. The van der Waals surface area contributed by atoms with Crippen molar-refractivity contribution < 1.29 is 9.15 Å². The fourth-order valence-electron chi connectivity index (χ4n) is 2.39. The molecule has 1 unspecified atom stereocenters. The van der Waals surface area contributed by atoms with E-state index in [1.807, 2.05) is 36.4 Å². The fourth-order valence-corrected chi connectivity index (χ4v) is 2.39. The Labute approximate surface area is 121 Å². The summed E-state index contributed by atoms with van der Waals surface area (Å²) in [5.74, 6) is 0.419. The molecule has 2 aromatic heterocycles. The van der Waals surface area contributed by atoms with E-state index in [4.69, 9.17) is 9.15 Å². The third-order valence-corrected chi connectivity index (χ3v) is 3.50. The molecule has 21 heavy (non-hydrogen) atoms. The van der Waals surface area contributed by atoms with Crippen molar-refractivity contribution >= 4 is 16.9 Å². The van der Waals surface area contributed by atoms with Crippen LogP contribution in [0.4, 0.5) is 6.01 Å². The molecule has 0 amide bonds. The topological polar surface area (TPSA) is 73.1 Å². The summed E-state index contributed by atoms with van der Waals surface area (Å²) in [6, 6.07) is 12.5. The lowest BCUT2D eigenvalue weighted by molar-refractivity contribution is 0.195. The average molecular weight is 282 g/mol. The molecule has 0 saturated carbocycles. The Kier molecular flexibility index (Phi) is 3.01. The Balaban J connectivity index is 1.61. The molecule has 4 rings (SSSR count). The largest absolute Gasteiger partial charge is 0.402 e.